The van der Waals surface area contributed by atoms with E-state index in [2.05, 4.69) is 5.32 Å². The zero-order valence-corrected chi connectivity index (χ0v) is 15.7. The maximum absolute atomic E-state index is 12.9. The molecule has 26 heavy (non-hydrogen) atoms. The first kappa shape index (κ1) is 18.6. The van der Waals surface area contributed by atoms with Crippen molar-refractivity contribution < 1.29 is 18.7 Å². The molecule has 0 fully saturated rings. The van der Waals surface area contributed by atoms with Gasteiger partial charge in [-0.25, -0.2) is 4.39 Å². The standard InChI is InChI=1S/C20H22FNO3S/c1-3-24-18-9-14-8-13(2)25-19(14)10-15(18)11-22-20(23)12-26-17-6-4-16(21)5-7-17/h4-7,9-10,13H,3,8,11-12H2,1-2H3,(H,22,23)/t13-/m1/s1. The lowest BCUT2D eigenvalue weighted by atomic mass is 10.1. The second-order valence-corrected chi connectivity index (χ2v) is 7.20. The summed E-state index contributed by atoms with van der Waals surface area (Å²) in [5.74, 6) is 1.56. The molecule has 0 aromatic heterocycles. The Labute approximate surface area is 157 Å². The number of amides is 1. The Bertz CT molecular complexity index is 779. The van der Waals surface area contributed by atoms with Crippen molar-refractivity contribution in [3.63, 3.8) is 0 Å². The van der Waals surface area contributed by atoms with Gasteiger partial charge in [-0.15, -0.1) is 11.8 Å². The minimum absolute atomic E-state index is 0.0865. The molecular formula is C20H22FNO3S. The van der Waals surface area contributed by atoms with Gasteiger partial charge in [0.1, 0.15) is 23.4 Å². The van der Waals surface area contributed by atoms with Crippen LogP contribution >= 0.6 is 11.8 Å². The fraction of sp³-hybridized carbons (Fsp3) is 0.350. The molecule has 1 atom stereocenters. The minimum Gasteiger partial charge on any atom is -0.494 e. The summed E-state index contributed by atoms with van der Waals surface area (Å²) in [5, 5.41) is 2.91. The molecule has 3 rings (SSSR count). The van der Waals surface area contributed by atoms with Crippen LogP contribution in [0.25, 0.3) is 0 Å². The summed E-state index contributed by atoms with van der Waals surface area (Å²) in [6.45, 7) is 4.92. The highest BCUT2D eigenvalue weighted by Crippen LogP contribution is 2.35. The third-order valence-electron chi connectivity index (χ3n) is 4.04. The third-order valence-corrected chi connectivity index (χ3v) is 5.05. The number of carbonyl (C=O) groups is 1. The second kappa shape index (κ2) is 8.45. The molecule has 2 aromatic rings. The number of rotatable bonds is 7. The molecule has 138 valence electrons. The number of halogens is 1. The first-order chi connectivity index (χ1) is 12.5. The molecule has 1 aliphatic rings. The summed E-state index contributed by atoms with van der Waals surface area (Å²) in [5.41, 5.74) is 2.04. The summed E-state index contributed by atoms with van der Waals surface area (Å²) in [6, 6.07) is 10.1. The van der Waals surface area contributed by atoms with Crippen molar-refractivity contribution >= 4 is 17.7 Å². The number of fused-ring (bicyclic) bond motifs is 1. The average Bonchev–Trinajstić information content (AvgIpc) is 2.98. The van der Waals surface area contributed by atoms with Gasteiger partial charge in [-0.1, -0.05) is 0 Å². The maximum Gasteiger partial charge on any atom is 0.230 e. The Morgan fingerprint density at radius 3 is 2.85 bits per heavy atom. The third kappa shape index (κ3) is 4.69. The smallest absolute Gasteiger partial charge is 0.230 e. The van der Waals surface area contributed by atoms with Crippen LogP contribution in [0.3, 0.4) is 0 Å². The normalized spacial score (nSPS) is 15.3. The molecule has 2 aromatic carbocycles. The molecule has 0 radical (unpaired) electrons. The number of thioether (sulfide) groups is 1. The van der Waals surface area contributed by atoms with Gasteiger partial charge < -0.3 is 14.8 Å². The van der Waals surface area contributed by atoms with Gasteiger partial charge in [0.2, 0.25) is 5.91 Å². The fourth-order valence-electron chi connectivity index (χ4n) is 2.83. The summed E-state index contributed by atoms with van der Waals surface area (Å²) in [6.07, 6.45) is 1.03. The lowest BCUT2D eigenvalue weighted by Gasteiger charge is -2.13. The molecule has 1 amide bonds. The van der Waals surface area contributed by atoms with Crippen molar-refractivity contribution in [1.82, 2.24) is 5.32 Å². The summed E-state index contributed by atoms with van der Waals surface area (Å²) in [7, 11) is 0. The van der Waals surface area contributed by atoms with E-state index >= 15 is 0 Å². The van der Waals surface area contributed by atoms with Crippen molar-refractivity contribution in [2.75, 3.05) is 12.4 Å². The monoisotopic (exact) mass is 375 g/mol. The molecule has 0 aliphatic carbocycles. The highest BCUT2D eigenvalue weighted by Gasteiger charge is 2.22. The molecule has 4 nitrogen and oxygen atoms in total. The largest absolute Gasteiger partial charge is 0.494 e. The van der Waals surface area contributed by atoms with E-state index < -0.39 is 0 Å². The van der Waals surface area contributed by atoms with Crippen LogP contribution in [0.15, 0.2) is 41.3 Å². The van der Waals surface area contributed by atoms with Gasteiger partial charge in [-0.05, 0) is 50.2 Å². The van der Waals surface area contributed by atoms with Gasteiger partial charge in [-0.3, -0.25) is 4.79 Å². The molecule has 1 N–H and O–H groups in total. The molecule has 0 unspecified atom stereocenters. The van der Waals surface area contributed by atoms with Crippen LogP contribution in [0.1, 0.15) is 25.0 Å². The second-order valence-electron chi connectivity index (χ2n) is 6.15. The molecule has 0 saturated carbocycles. The van der Waals surface area contributed by atoms with Gasteiger partial charge in [-0.2, -0.15) is 0 Å². The van der Waals surface area contributed by atoms with Crippen molar-refractivity contribution in [2.45, 2.75) is 37.8 Å². The predicted octanol–water partition coefficient (Wildman–Crippen LogP) is 3.96. The van der Waals surface area contributed by atoms with E-state index in [0.717, 1.165) is 33.9 Å². The fourth-order valence-corrected chi connectivity index (χ4v) is 3.56. The highest BCUT2D eigenvalue weighted by molar-refractivity contribution is 8.00. The molecule has 0 saturated heterocycles. The summed E-state index contributed by atoms with van der Waals surface area (Å²) >= 11 is 1.37. The quantitative estimate of drug-likeness (QED) is 0.745. The average molecular weight is 375 g/mol. The predicted molar refractivity (Wildman–Crippen MR) is 100 cm³/mol. The molecule has 0 bridgehead atoms. The maximum atomic E-state index is 12.9. The van der Waals surface area contributed by atoms with Crippen molar-refractivity contribution in [3.05, 3.63) is 53.3 Å². The van der Waals surface area contributed by atoms with E-state index in [1.54, 1.807) is 12.1 Å². The summed E-state index contributed by atoms with van der Waals surface area (Å²) in [4.78, 5) is 13.0. The van der Waals surface area contributed by atoms with Gasteiger partial charge >= 0.3 is 0 Å². The lowest BCUT2D eigenvalue weighted by Crippen LogP contribution is -2.24. The molecule has 1 aliphatic heterocycles. The van der Waals surface area contributed by atoms with Gasteiger partial charge in [0.05, 0.1) is 12.4 Å². The van der Waals surface area contributed by atoms with Crippen molar-refractivity contribution in [2.24, 2.45) is 0 Å². The summed E-state index contributed by atoms with van der Waals surface area (Å²) < 4.78 is 24.4. The minimum atomic E-state index is -0.282. The Morgan fingerprint density at radius 2 is 2.12 bits per heavy atom. The number of hydrogen-bond acceptors (Lipinski definition) is 4. The Morgan fingerprint density at radius 1 is 1.35 bits per heavy atom. The van der Waals surface area contributed by atoms with Crippen LogP contribution in [-0.2, 0) is 17.8 Å². The highest BCUT2D eigenvalue weighted by atomic mass is 32.2. The van der Waals surface area contributed by atoms with E-state index in [9.17, 15) is 9.18 Å². The molecule has 1 heterocycles. The topological polar surface area (TPSA) is 47.6 Å². The molecule has 0 spiro atoms. The lowest BCUT2D eigenvalue weighted by molar-refractivity contribution is -0.118. The molecule has 6 heteroatoms. The van der Waals surface area contributed by atoms with E-state index in [1.807, 2.05) is 26.0 Å². The first-order valence-corrected chi connectivity index (χ1v) is 9.64. The Kier molecular flexibility index (Phi) is 6.04. The van der Waals surface area contributed by atoms with Crippen LogP contribution in [0.5, 0.6) is 11.5 Å². The van der Waals surface area contributed by atoms with Crippen LogP contribution < -0.4 is 14.8 Å². The zero-order valence-electron chi connectivity index (χ0n) is 14.9. The SMILES string of the molecule is CCOc1cc2c(cc1CNC(=O)CSc1ccc(F)cc1)O[C@H](C)C2. The van der Waals surface area contributed by atoms with Gasteiger partial charge in [0, 0.05) is 29.0 Å². The Hall–Kier alpha value is -2.21. The van der Waals surface area contributed by atoms with Crippen molar-refractivity contribution in [1.29, 1.82) is 0 Å². The van der Waals surface area contributed by atoms with Gasteiger partial charge in [0.15, 0.2) is 0 Å². The van der Waals surface area contributed by atoms with Gasteiger partial charge in [0.25, 0.3) is 0 Å². The number of carbonyl (C=O) groups excluding carboxylic acids is 1. The number of hydrogen-bond donors (Lipinski definition) is 1. The molecular weight excluding hydrogens is 353 g/mol. The Balaban J connectivity index is 1.58. The first-order valence-electron chi connectivity index (χ1n) is 8.65. The zero-order chi connectivity index (χ0) is 18.5. The van der Waals surface area contributed by atoms with E-state index in [0.29, 0.717) is 13.2 Å². The number of benzene rings is 2. The van der Waals surface area contributed by atoms with Crippen LogP contribution in [0.4, 0.5) is 4.39 Å². The van der Waals surface area contributed by atoms with Crippen LogP contribution in [-0.4, -0.2) is 24.4 Å². The van der Waals surface area contributed by atoms with E-state index in [-0.39, 0.29) is 23.6 Å². The van der Waals surface area contributed by atoms with Crippen molar-refractivity contribution in [3.8, 4) is 11.5 Å². The van der Waals surface area contributed by atoms with E-state index in [4.69, 9.17) is 9.47 Å². The number of nitrogens with one attached hydrogen (secondary N) is 1. The number of ether oxygens (including phenoxy) is 2. The van der Waals surface area contributed by atoms with E-state index in [1.165, 1.54) is 23.9 Å². The van der Waals surface area contributed by atoms with Crippen LogP contribution in [0.2, 0.25) is 0 Å². The van der Waals surface area contributed by atoms with Crippen LogP contribution in [0, 0.1) is 5.82 Å².